The number of hydrogen-bond acceptors (Lipinski definition) is 4. The zero-order valence-corrected chi connectivity index (χ0v) is 20.9. The smallest absolute Gasteiger partial charge is 0.330 e. The van der Waals surface area contributed by atoms with E-state index in [-0.39, 0.29) is 24.5 Å². The van der Waals surface area contributed by atoms with Gasteiger partial charge in [0.1, 0.15) is 24.2 Å². The van der Waals surface area contributed by atoms with Crippen LogP contribution in [0.3, 0.4) is 0 Å². The number of urea groups is 1. The van der Waals surface area contributed by atoms with Gasteiger partial charge in [-0.2, -0.15) is 0 Å². The van der Waals surface area contributed by atoms with Crippen molar-refractivity contribution in [1.29, 1.82) is 0 Å². The van der Waals surface area contributed by atoms with E-state index in [9.17, 15) is 9.59 Å². The lowest BCUT2D eigenvalue weighted by Crippen LogP contribution is -2.49. The minimum Gasteiger partial charge on any atom is -0.496 e. The highest BCUT2D eigenvalue weighted by Gasteiger charge is 2.45. The number of aryl methyl sites for hydroxylation is 1. The summed E-state index contributed by atoms with van der Waals surface area (Å²) in [5.74, 6) is 0.999. The molecule has 0 saturated carbocycles. The maximum absolute atomic E-state index is 14.1. The number of amidine groups is 1. The summed E-state index contributed by atoms with van der Waals surface area (Å²) in [4.78, 5) is 34.6. The van der Waals surface area contributed by atoms with Crippen molar-refractivity contribution in [3.63, 3.8) is 0 Å². The van der Waals surface area contributed by atoms with Crippen LogP contribution in [0.2, 0.25) is 5.02 Å². The summed E-state index contributed by atoms with van der Waals surface area (Å²) in [7, 11) is 1.62. The number of allylic oxidation sites excluding steroid dienone is 2. The average Bonchev–Trinajstić information content (AvgIpc) is 3.29. The predicted molar refractivity (Wildman–Crippen MR) is 139 cm³/mol. The first-order valence-electron chi connectivity index (χ1n) is 11.9. The number of hydrogen-bond donors (Lipinski definition) is 1. The number of rotatable bonds is 4. The van der Waals surface area contributed by atoms with Crippen LogP contribution >= 0.6 is 11.6 Å². The van der Waals surface area contributed by atoms with Crippen LogP contribution in [0.1, 0.15) is 41.6 Å². The molecular weight excluding hydrogens is 476 g/mol. The Morgan fingerprint density at radius 2 is 1.97 bits per heavy atom. The molecule has 0 radical (unpaired) electrons. The van der Waals surface area contributed by atoms with Crippen molar-refractivity contribution in [2.24, 2.45) is 4.99 Å². The van der Waals surface area contributed by atoms with Crippen LogP contribution in [0.25, 0.3) is 0 Å². The molecule has 184 valence electrons. The van der Waals surface area contributed by atoms with Gasteiger partial charge in [-0.3, -0.25) is 19.6 Å². The van der Waals surface area contributed by atoms with E-state index in [4.69, 9.17) is 21.3 Å². The monoisotopic (exact) mass is 502 g/mol. The Labute approximate surface area is 215 Å². The summed E-state index contributed by atoms with van der Waals surface area (Å²) in [6.45, 7) is 1.96. The molecule has 2 aliphatic heterocycles. The van der Waals surface area contributed by atoms with E-state index >= 15 is 0 Å². The van der Waals surface area contributed by atoms with Gasteiger partial charge in [0.05, 0.1) is 13.2 Å². The average molecular weight is 503 g/mol. The molecule has 36 heavy (non-hydrogen) atoms. The zero-order valence-electron chi connectivity index (χ0n) is 20.1. The van der Waals surface area contributed by atoms with E-state index in [2.05, 4.69) is 17.5 Å². The molecule has 0 fully saturated rings. The van der Waals surface area contributed by atoms with Crippen LogP contribution in [0.15, 0.2) is 89.4 Å². The van der Waals surface area contributed by atoms with Gasteiger partial charge < -0.3 is 10.1 Å². The minimum absolute atomic E-state index is 0.0681. The molecule has 2 unspecified atom stereocenters. The number of halogens is 1. The second-order valence-corrected chi connectivity index (χ2v) is 9.40. The van der Waals surface area contributed by atoms with Gasteiger partial charge in [-0.15, -0.1) is 0 Å². The van der Waals surface area contributed by atoms with Crippen LogP contribution in [-0.4, -0.2) is 41.2 Å². The second kappa shape index (κ2) is 10.0. The van der Waals surface area contributed by atoms with E-state index in [1.165, 1.54) is 11.1 Å². The molecule has 2 aromatic rings. The Kier molecular flexibility index (Phi) is 6.65. The van der Waals surface area contributed by atoms with Crippen molar-refractivity contribution < 1.29 is 14.3 Å². The van der Waals surface area contributed by atoms with Crippen molar-refractivity contribution in [2.75, 3.05) is 13.7 Å². The highest BCUT2D eigenvalue weighted by molar-refractivity contribution is 6.30. The molecule has 1 N–H and O–H groups in total. The molecule has 2 heterocycles. The molecule has 2 aromatic carbocycles. The molecule has 8 heteroatoms. The van der Waals surface area contributed by atoms with Crippen LogP contribution in [0, 0.1) is 6.92 Å². The number of nitrogens with one attached hydrogen (secondary N) is 1. The maximum atomic E-state index is 14.1. The number of methoxy groups -OCH3 is 1. The SMILES string of the molecule is COC1=C(C2=NC(c3ccc(Cl)cc3)C(c3cccc(C)c3)N2C(=O)N2C=CNC(=O)C2)CCC=C1. The van der Waals surface area contributed by atoms with E-state index in [1.54, 1.807) is 18.2 Å². The van der Waals surface area contributed by atoms with Gasteiger partial charge >= 0.3 is 6.03 Å². The normalized spacial score (nSPS) is 21.5. The third kappa shape index (κ3) is 4.54. The van der Waals surface area contributed by atoms with Gasteiger partial charge in [0.2, 0.25) is 5.91 Å². The summed E-state index contributed by atoms with van der Waals surface area (Å²) in [5.41, 5.74) is 3.85. The molecule has 1 aliphatic carbocycles. The Bertz CT molecular complexity index is 1310. The van der Waals surface area contributed by atoms with Gasteiger partial charge in [-0.1, -0.05) is 59.6 Å². The largest absolute Gasteiger partial charge is 0.496 e. The Balaban J connectivity index is 1.70. The quantitative estimate of drug-likeness (QED) is 0.606. The summed E-state index contributed by atoms with van der Waals surface area (Å²) < 4.78 is 5.69. The molecule has 0 aromatic heterocycles. The topological polar surface area (TPSA) is 74.2 Å². The molecular formula is C28H27ClN4O3. The lowest BCUT2D eigenvalue weighted by Gasteiger charge is -2.34. The predicted octanol–water partition coefficient (Wildman–Crippen LogP) is 5.42. The molecule has 0 bridgehead atoms. The lowest BCUT2D eigenvalue weighted by atomic mass is 9.92. The highest BCUT2D eigenvalue weighted by atomic mass is 35.5. The number of benzene rings is 2. The van der Waals surface area contributed by atoms with Crippen LogP contribution in [0.5, 0.6) is 0 Å². The van der Waals surface area contributed by atoms with Crippen LogP contribution in [-0.2, 0) is 9.53 Å². The fourth-order valence-corrected chi connectivity index (χ4v) is 5.00. The third-order valence-corrected chi connectivity index (χ3v) is 6.80. The Hall–Kier alpha value is -3.84. The second-order valence-electron chi connectivity index (χ2n) is 8.96. The molecule has 3 aliphatic rings. The summed E-state index contributed by atoms with van der Waals surface area (Å²) in [5, 5.41) is 3.26. The molecule has 3 amide bonds. The highest BCUT2D eigenvalue weighted by Crippen LogP contribution is 2.45. The van der Waals surface area contributed by atoms with Crippen LogP contribution in [0.4, 0.5) is 4.79 Å². The van der Waals surface area contributed by atoms with E-state index in [1.807, 2.05) is 55.5 Å². The number of ether oxygens (including phenoxy) is 1. The van der Waals surface area contributed by atoms with E-state index < -0.39 is 6.04 Å². The van der Waals surface area contributed by atoms with Crippen molar-refractivity contribution in [3.05, 3.63) is 106 Å². The fourth-order valence-electron chi connectivity index (χ4n) is 4.87. The van der Waals surface area contributed by atoms with Gasteiger partial charge in [0.25, 0.3) is 0 Å². The first-order chi connectivity index (χ1) is 17.5. The molecule has 0 spiro atoms. The van der Waals surface area contributed by atoms with E-state index in [0.717, 1.165) is 28.7 Å². The van der Waals surface area contributed by atoms with Gasteiger partial charge in [-0.25, -0.2) is 4.79 Å². The number of nitrogens with zero attached hydrogens (tertiary/aromatic N) is 3. The molecule has 5 rings (SSSR count). The van der Waals surface area contributed by atoms with Gasteiger partial charge in [-0.05, 0) is 49.1 Å². The standard InChI is InChI=1S/C28H27ClN4O3/c1-18-6-5-7-20(16-18)26-25(19-10-12-21(29)13-11-19)31-27(22-8-3-4-9-23(22)36-2)33(26)28(35)32-15-14-30-24(34)17-32/h4-7,9-16,25-26H,3,8,17H2,1-2H3,(H,30,34). The fraction of sp³-hybridized carbons (Fsp3) is 0.250. The molecule has 7 nitrogen and oxygen atoms in total. The molecule has 2 atom stereocenters. The van der Waals surface area contributed by atoms with Gasteiger partial charge in [0, 0.05) is 23.0 Å². The summed E-state index contributed by atoms with van der Waals surface area (Å²) in [6, 6.07) is 14.6. The Morgan fingerprint density at radius 3 is 2.69 bits per heavy atom. The lowest BCUT2D eigenvalue weighted by molar-refractivity contribution is -0.120. The first kappa shape index (κ1) is 23.9. The van der Waals surface area contributed by atoms with Crippen molar-refractivity contribution in [1.82, 2.24) is 15.1 Å². The van der Waals surface area contributed by atoms with Crippen molar-refractivity contribution >= 4 is 29.4 Å². The van der Waals surface area contributed by atoms with Gasteiger partial charge in [0.15, 0.2) is 0 Å². The number of carbonyl (C=O) groups excluding carboxylic acids is 2. The van der Waals surface area contributed by atoms with Crippen molar-refractivity contribution in [3.8, 4) is 0 Å². The number of aliphatic imine (C=N–C) groups is 1. The number of amides is 3. The van der Waals surface area contributed by atoms with E-state index in [0.29, 0.717) is 23.0 Å². The number of carbonyl (C=O) groups is 2. The third-order valence-electron chi connectivity index (χ3n) is 6.54. The minimum atomic E-state index is -0.427. The first-order valence-corrected chi connectivity index (χ1v) is 12.2. The molecule has 0 saturated heterocycles. The van der Waals surface area contributed by atoms with Crippen molar-refractivity contribution in [2.45, 2.75) is 31.8 Å². The zero-order chi connectivity index (χ0) is 25.2. The summed E-state index contributed by atoms with van der Waals surface area (Å²) >= 11 is 6.19. The van der Waals surface area contributed by atoms with Crippen LogP contribution < -0.4 is 5.32 Å². The summed E-state index contributed by atoms with van der Waals surface area (Å²) in [6.07, 6.45) is 8.56. The maximum Gasteiger partial charge on any atom is 0.330 e. The Morgan fingerprint density at radius 1 is 1.17 bits per heavy atom.